The van der Waals surface area contributed by atoms with E-state index in [1.807, 2.05) is 91.0 Å². The highest BCUT2D eigenvalue weighted by Gasteiger charge is 2.59. The van der Waals surface area contributed by atoms with E-state index in [1.54, 1.807) is 13.8 Å². The lowest BCUT2D eigenvalue weighted by Crippen LogP contribution is -2.65. The van der Waals surface area contributed by atoms with Gasteiger partial charge in [0.2, 0.25) is 0 Å². The van der Waals surface area contributed by atoms with Crippen molar-refractivity contribution < 1.29 is 52.2 Å². The number of benzene rings is 3. The van der Waals surface area contributed by atoms with Crippen LogP contribution in [-0.4, -0.2) is 81.5 Å². The molecule has 2 fully saturated rings. The molecule has 2 aliphatic rings. The number of rotatable bonds is 14. The average molecular weight is 679 g/mol. The largest absolute Gasteiger partial charge is 0.465 e. The van der Waals surface area contributed by atoms with Crippen molar-refractivity contribution in [3.8, 4) is 0 Å². The first-order valence-electron chi connectivity index (χ1n) is 16.4. The molecule has 0 aliphatic carbocycles. The second-order valence-corrected chi connectivity index (χ2v) is 12.3. The number of esters is 2. The van der Waals surface area contributed by atoms with E-state index in [0.717, 1.165) is 16.7 Å². The SMILES string of the molecule is COC(=O)C1(OC)C[C@@H](OC2(C(=O)OC)C[C@@H](OCc3ccccc3)[C@H](OCc3ccccc3)[C@@H](C)O2)[C@H](OCc2ccccc2)[C@@H](C)O1. The van der Waals surface area contributed by atoms with Crippen molar-refractivity contribution in [1.29, 1.82) is 0 Å². The van der Waals surface area contributed by atoms with Crippen LogP contribution in [0, 0.1) is 0 Å². The van der Waals surface area contributed by atoms with Crippen LogP contribution in [0.2, 0.25) is 0 Å². The molecule has 11 nitrogen and oxygen atoms in total. The molecule has 264 valence electrons. The molecule has 5 rings (SSSR count). The maximum Gasteiger partial charge on any atom is 0.366 e. The van der Waals surface area contributed by atoms with Crippen molar-refractivity contribution in [3.63, 3.8) is 0 Å². The first-order chi connectivity index (χ1) is 23.7. The predicted octanol–water partition coefficient (Wildman–Crippen LogP) is 5.13. The van der Waals surface area contributed by atoms with Gasteiger partial charge in [-0.25, -0.2) is 9.59 Å². The van der Waals surface area contributed by atoms with Crippen LogP contribution in [0.3, 0.4) is 0 Å². The summed E-state index contributed by atoms with van der Waals surface area (Å²) < 4.78 is 54.7. The summed E-state index contributed by atoms with van der Waals surface area (Å²) in [5, 5.41) is 0. The van der Waals surface area contributed by atoms with Crippen LogP contribution >= 0.6 is 0 Å². The summed E-state index contributed by atoms with van der Waals surface area (Å²) >= 11 is 0. The summed E-state index contributed by atoms with van der Waals surface area (Å²) in [6.07, 6.45) is -4.63. The maximum atomic E-state index is 13.8. The second-order valence-electron chi connectivity index (χ2n) is 12.3. The van der Waals surface area contributed by atoms with Crippen molar-refractivity contribution in [2.24, 2.45) is 0 Å². The van der Waals surface area contributed by atoms with E-state index in [1.165, 1.54) is 21.3 Å². The Morgan fingerprint density at radius 2 is 0.980 bits per heavy atom. The van der Waals surface area contributed by atoms with E-state index < -0.39 is 60.1 Å². The fourth-order valence-corrected chi connectivity index (χ4v) is 6.41. The van der Waals surface area contributed by atoms with Gasteiger partial charge >= 0.3 is 11.9 Å². The minimum Gasteiger partial charge on any atom is -0.465 e. The van der Waals surface area contributed by atoms with Gasteiger partial charge in [0.25, 0.3) is 11.6 Å². The Balaban J connectivity index is 1.47. The van der Waals surface area contributed by atoms with E-state index >= 15 is 0 Å². The standard InChI is InChI=1S/C38H46O11/c1-26-33(45-24-29-17-11-7-12-18-29)31(44-23-28-15-9-6-10-16-28)21-38(48-26,36(40)42-4)49-32-22-37(43-5,35(39)41-3)47-27(2)34(32)46-25-30-19-13-8-14-20-30/h6-20,26-27,31-34H,21-25H2,1-5H3/t26-,27-,31-,32-,33-,34-,37?,38?/m1/s1. The Hall–Kier alpha value is -3.68. The van der Waals surface area contributed by atoms with E-state index in [0.29, 0.717) is 6.61 Å². The first-order valence-corrected chi connectivity index (χ1v) is 16.4. The molecule has 49 heavy (non-hydrogen) atoms. The average Bonchev–Trinajstić information content (AvgIpc) is 3.13. The highest BCUT2D eigenvalue weighted by atomic mass is 16.8. The molecule has 0 saturated carbocycles. The molecule has 11 heteroatoms. The molecule has 0 aromatic heterocycles. The molecule has 0 N–H and O–H groups in total. The van der Waals surface area contributed by atoms with E-state index in [4.69, 9.17) is 42.6 Å². The lowest BCUT2D eigenvalue weighted by Gasteiger charge is -2.50. The molecule has 0 spiro atoms. The third-order valence-electron chi connectivity index (χ3n) is 8.89. The van der Waals surface area contributed by atoms with Gasteiger partial charge in [-0.3, -0.25) is 0 Å². The summed E-state index contributed by atoms with van der Waals surface area (Å²) in [6, 6.07) is 29.1. The summed E-state index contributed by atoms with van der Waals surface area (Å²) in [5.74, 6) is -5.31. The van der Waals surface area contributed by atoms with Gasteiger partial charge in [0.05, 0.1) is 58.5 Å². The van der Waals surface area contributed by atoms with Gasteiger partial charge in [-0.2, -0.15) is 0 Å². The molecular weight excluding hydrogens is 632 g/mol. The van der Waals surface area contributed by atoms with Gasteiger partial charge in [-0.1, -0.05) is 91.0 Å². The van der Waals surface area contributed by atoms with Crippen molar-refractivity contribution in [1.82, 2.24) is 0 Å². The van der Waals surface area contributed by atoms with Gasteiger partial charge in [-0.05, 0) is 30.5 Å². The molecule has 2 saturated heterocycles. The van der Waals surface area contributed by atoms with Crippen LogP contribution in [-0.2, 0) is 72.0 Å². The Morgan fingerprint density at radius 1 is 0.592 bits per heavy atom. The quantitative estimate of drug-likeness (QED) is 0.211. The Labute approximate surface area is 287 Å². The first kappa shape index (κ1) is 36.6. The van der Waals surface area contributed by atoms with Crippen LogP contribution in [0.15, 0.2) is 91.0 Å². The fourth-order valence-electron chi connectivity index (χ4n) is 6.41. The van der Waals surface area contributed by atoms with Crippen molar-refractivity contribution in [3.05, 3.63) is 108 Å². The van der Waals surface area contributed by atoms with Gasteiger partial charge < -0.3 is 42.6 Å². The van der Waals surface area contributed by atoms with Crippen LogP contribution in [0.1, 0.15) is 43.4 Å². The number of hydrogen-bond acceptors (Lipinski definition) is 11. The Kier molecular flexibility index (Phi) is 12.6. The normalized spacial score (nSPS) is 30.0. The van der Waals surface area contributed by atoms with Crippen LogP contribution < -0.4 is 0 Å². The molecular formula is C38H46O11. The summed E-state index contributed by atoms with van der Waals surface area (Å²) in [7, 11) is 3.86. The molecule has 0 radical (unpaired) electrons. The minimum absolute atomic E-state index is 0.0777. The Morgan fingerprint density at radius 3 is 1.43 bits per heavy atom. The molecule has 3 aromatic rings. The second kappa shape index (κ2) is 16.8. The monoisotopic (exact) mass is 678 g/mol. The fraction of sp³-hybridized carbons (Fsp3) is 0.474. The lowest BCUT2D eigenvalue weighted by molar-refractivity contribution is -0.366. The third kappa shape index (κ3) is 8.74. The topological polar surface area (TPSA) is 117 Å². The van der Waals surface area contributed by atoms with Gasteiger partial charge in [0.1, 0.15) is 12.2 Å². The van der Waals surface area contributed by atoms with Crippen LogP contribution in [0.5, 0.6) is 0 Å². The molecule has 8 atom stereocenters. The molecule has 3 aromatic carbocycles. The van der Waals surface area contributed by atoms with Crippen LogP contribution in [0.4, 0.5) is 0 Å². The smallest absolute Gasteiger partial charge is 0.366 e. The van der Waals surface area contributed by atoms with Crippen molar-refractivity contribution in [2.45, 2.75) is 94.7 Å². The zero-order chi connectivity index (χ0) is 34.9. The van der Waals surface area contributed by atoms with Crippen LogP contribution in [0.25, 0.3) is 0 Å². The third-order valence-corrected chi connectivity index (χ3v) is 8.89. The molecule has 2 unspecified atom stereocenters. The van der Waals surface area contributed by atoms with Crippen molar-refractivity contribution in [2.75, 3.05) is 21.3 Å². The predicted molar refractivity (Wildman–Crippen MR) is 177 cm³/mol. The highest BCUT2D eigenvalue weighted by molar-refractivity contribution is 5.79. The number of carbonyl (C=O) groups excluding carboxylic acids is 2. The zero-order valence-corrected chi connectivity index (χ0v) is 28.7. The lowest BCUT2D eigenvalue weighted by atomic mass is 9.92. The molecule has 2 heterocycles. The molecule has 0 bridgehead atoms. The van der Waals surface area contributed by atoms with Crippen molar-refractivity contribution >= 4 is 11.9 Å². The van der Waals surface area contributed by atoms with Gasteiger partial charge in [0, 0.05) is 20.0 Å². The minimum atomic E-state index is -1.96. The summed E-state index contributed by atoms with van der Waals surface area (Å²) in [6.45, 7) is 4.33. The van der Waals surface area contributed by atoms with Gasteiger partial charge in [-0.15, -0.1) is 0 Å². The molecule has 0 amide bonds. The highest BCUT2D eigenvalue weighted by Crippen LogP contribution is 2.41. The Bertz CT molecular complexity index is 1470. The van der Waals surface area contributed by atoms with E-state index in [9.17, 15) is 9.59 Å². The number of hydrogen-bond donors (Lipinski definition) is 0. The maximum absolute atomic E-state index is 13.8. The number of carbonyl (C=O) groups is 2. The molecule has 2 aliphatic heterocycles. The van der Waals surface area contributed by atoms with E-state index in [2.05, 4.69) is 0 Å². The zero-order valence-electron chi connectivity index (χ0n) is 28.7. The van der Waals surface area contributed by atoms with E-state index in [-0.39, 0.29) is 26.1 Å². The number of ether oxygens (including phenoxy) is 9. The summed E-state index contributed by atoms with van der Waals surface area (Å²) in [4.78, 5) is 26.9. The number of methoxy groups -OCH3 is 3. The summed E-state index contributed by atoms with van der Waals surface area (Å²) in [5.41, 5.74) is 2.84. The van der Waals surface area contributed by atoms with Gasteiger partial charge in [0.15, 0.2) is 0 Å².